The van der Waals surface area contributed by atoms with Crippen molar-refractivity contribution in [1.82, 2.24) is 20.4 Å². The van der Waals surface area contributed by atoms with Gasteiger partial charge in [-0.1, -0.05) is 37.5 Å². The van der Waals surface area contributed by atoms with Gasteiger partial charge >= 0.3 is 12.3 Å². The molecule has 3 aromatic rings. The van der Waals surface area contributed by atoms with E-state index in [-0.39, 0.29) is 5.56 Å². The zero-order valence-corrected chi connectivity index (χ0v) is 24.6. The molecule has 3 N–H and O–H groups in total. The lowest BCUT2D eigenvalue weighted by Gasteiger charge is -2.36. The first-order valence-corrected chi connectivity index (χ1v) is 14.7. The molecule has 0 saturated carbocycles. The number of carboxylic acid groups (broad SMARTS) is 1. The zero-order chi connectivity index (χ0) is 30.3. The van der Waals surface area contributed by atoms with Gasteiger partial charge < -0.3 is 20.6 Å². The number of hydrogen-bond acceptors (Lipinski definition) is 6. The molecule has 1 fully saturated rings. The average Bonchev–Trinajstić information content (AvgIpc) is 2.95. The zero-order valence-electron chi connectivity index (χ0n) is 24.6. The number of halogens is 3. The number of aryl methyl sites for hydroxylation is 1. The summed E-state index contributed by atoms with van der Waals surface area (Å²) in [6.07, 6.45) is -0.0541. The first kappa shape index (κ1) is 31.3. The number of benzene rings is 2. The quantitative estimate of drug-likeness (QED) is 0.202. The summed E-state index contributed by atoms with van der Waals surface area (Å²) in [6, 6.07) is 10.2. The molecule has 0 unspecified atom stereocenters. The lowest BCUT2D eigenvalue weighted by molar-refractivity contribution is -0.138. The number of rotatable bonds is 12. The number of carbonyl (C=O) groups is 1. The highest BCUT2D eigenvalue weighted by Gasteiger charge is 2.33. The SMILES string of the molecule is Cc1c([C@@H](C)Nc2nnc(C)c3ccc(N4CCN(CCCCCCCNC(=O)O)CC4)cc23)cccc1C(F)(F)F. The minimum Gasteiger partial charge on any atom is -0.465 e. The monoisotopic (exact) mass is 586 g/mol. The van der Waals surface area contributed by atoms with Crippen molar-refractivity contribution in [3.8, 4) is 0 Å². The largest absolute Gasteiger partial charge is 0.465 e. The minimum atomic E-state index is -4.41. The molecule has 228 valence electrons. The Morgan fingerprint density at radius 3 is 2.40 bits per heavy atom. The number of anilines is 2. The molecule has 42 heavy (non-hydrogen) atoms. The van der Waals surface area contributed by atoms with Crippen LogP contribution in [0.4, 0.5) is 29.5 Å². The first-order valence-electron chi connectivity index (χ1n) is 14.7. The Bertz CT molecular complexity index is 1360. The molecule has 11 heteroatoms. The van der Waals surface area contributed by atoms with E-state index in [1.807, 2.05) is 13.8 Å². The molecular formula is C31H41F3N6O2. The van der Waals surface area contributed by atoms with E-state index in [4.69, 9.17) is 5.11 Å². The van der Waals surface area contributed by atoms with Gasteiger partial charge in [0, 0.05) is 49.2 Å². The van der Waals surface area contributed by atoms with Crippen LogP contribution in [0.2, 0.25) is 0 Å². The molecule has 1 aromatic heterocycles. The second kappa shape index (κ2) is 14.0. The van der Waals surface area contributed by atoms with Crippen LogP contribution in [0.1, 0.15) is 67.5 Å². The third-order valence-electron chi connectivity index (χ3n) is 8.11. The van der Waals surface area contributed by atoms with Gasteiger partial charge in [0.1, 0.15) is 0 Å². The van der Waals surface area contributed by atoms with Crippen molar-refractivity contribution in [3.63, 3.8) is 0 Å². The van der Waals surface area contributed by atoms with Crippen molar-refractivity contribution >= 4 is 28.4 Å². The third kappa shape index (κ3) is 8.02. The maximum absolute atomic E-state index is 13.5. The minimum absolute atomic E-state index is 0.209. The van der Waals surface area contributed by atoms with Gasteiger partial charge in [-0.25, -0.2) is 4.79 Å². The number of nitrogens with one attached hydrogen (secondary N) is 2. The number of fused-ring (bicyclic) bond motifs is 1. The molecule has 1 aliphatic rings. The Balaban J connectivity index is 1.36. The van der Waals surface area contributed by atoms with E-state index in [2.05, 4.69) is 48.8 Å². The van der Waals surface area contributed by atoms with Crippen LogP contribution >= 0.6 is 0 Å². The summed E-state index contributed by atoms with van der Waals surface area (Å²) < 4.78 is 40.5. The number of piperazine rings is 1. The Morgan fingerprint density at radius 1 is 0.976 bits per heavy atom. The summed E-state index contributed by atoms with van der Waals surface area (Å²) in [5.74, 6) is 0.555. The maximum Gasteiger partial charge on any atom is 0.416 e. The summed E-state index contributed by atoms with van der Waals surface area (Å²) in [5, 5.41) is 24.9. The van der Waals surface area contributed by atoms with E-state index < -0.39 is 23.9 Å². The van der Waals surface area contributed by atoms with E-state index in [1.54, 1.807) is 6.07 Å². The second-order valence-corrected chi connectivity index (χ2v) is 11.1. The summed E-state index contributed by atoms with van der Waals surface area (Å²) >= 11 is 0. The Morgan fingerprint density at radius 2 is 1.69 bits per heavy atom. The van der Waals surface area contributed by atoms with Gasteiger partial charge in [0.05, 0.1) is 17.3 Å². The van der Waals surface area contributed by atoms with Crippen molar-refractivity contribution < 1.29 is 23.1 Å². The fraction of sp³-hybridized carbons (Fsp3) is 0.516. The summed E-state index contributed by atoms with van der Waals surface area (Å²) in [6.45, 7) is 10.6. The van der Waals surface area contributed by atoms with Crippen LogP contribution < -0.4 is 15.5 Å². The number of aromatic nitrogens is 2. The fourth-order valence-electron chi connectivity index (χ4n) is 5.71. The van der Waals surface area contributed by atoms with Gasteiger partial charge in [0.15, 0.2) is 5.82 Å². The number of hydrogen-bond donors (Lipinski definition) is 3. The van der Waals surface area contributed by atoms with Crippen molar-refractivity contribution in [3.05, 3.63) is 58.8 Å². The highest BCUT2D eigenvalue weighted by atomic mass is 19.4. The van der Waals surface area contributed by atoms with Gasteiger partial charge in [-0.05, 0) is 69.5 Å². The van der Waals surface area contributed by atoms with Gasteiger partial charge in [0.25, 0.3) is 0 Å². The predicted molar refractivity (Wildman–Crippen MR) is 160 cm³/mol. The van der Waals surface area contributed by atoms with E-state index in [0.29, 0.717) is 17.9 Å². The topological polar surface area (TPSA) is 93.6 Å². The van der Waals surface area contributed by atoms with Crippen molar-refractivity contribution in [2.24, 2.45) is 0 Å². The molecule has 0 spiro atoms. The molecule has 1 saturated heterocycles. The number of alkyl halides is 3. The van der Waals surface area contributed by atoms with Gasteiger partial charge in [-0.15, -0.1) is 5.10 Å². The van der Waals surface area contributed by atoms with Crippen LogP contribution in [0, 0.1) is 13.8 Å². The van der Waals surface area contributed by atoms with Crippen LogP contribution in [0.5, 0.6) is 0 Å². The lowest BCUT2D eigenvalue weighted by atomic mass is 9.97. The first-order chi connectivity index (χ1) is 20.0. The molecule has 1 amide bonds. The Hall–Kier alpha value is -3.60. The van der Waals surface area contributed by atoms with Gasteiger partial charge in [-0.2, -0.15) is 18.3 Å². The average molecular weight is 587 g/mol. The van der Waals surface area contributed by atoms with Crippen LogP contribution in [-0.2, 0) is 6.18 Å². The number of amides is 1. The van der Waals surface area contributed by atoms with Crippen LogP contribution in [0.25, 0.3) is 10.8 Å². The molecular weight excluding hydrogens is 545 g/mol. The molecule has 8 nitrogen and oxygen atoms in total. The molecule has 0 bridgehead atoms. The molecule has 4 rings (SSSR count). The molecule has 1 aliphatic heterocycles. The van der Waals surface area contributed by atoms with Crippen molar-refractivity contribution in [2.75, 3.05) is 49.5 Å². The highest BCUT2D eigenvalue weighted by molar-refractivity contribution is 5.95. The van der Waals surface area contributed by atoms with E-state index in [9.17, 15) is 18.0 Å². The highest BCUT2D eigenvalue weighted by Crippen LogP contribution is 2.36. The molecule has 0 aliphatic carbocycles. The van der Waals surface area contributed by atoms with Gasteiger partial charge in [0.2, 0.25) is 0 Å². The maximum atomic E-state index is 13.5. The fourth-order valence-corrected chi connectivity index (χ4v) is 5.71. The van der Waals surface area contributed by atoms with Crippen LogP contribution in [0.3, 0.4) is 0 Å². The smallest absolute Gasteiger partial charge is 0.416 e. The summed E-state index contributed by atoms with van der Waals surface area (Å²) in [4.78, 5) is 15.3. The van der Waals surface area contributed by atoms with E-state index in [0.717, 1.165) is 93.0 Å². The standard InChI is InChI=1S/C31H41F3N6O2/c1-21-25(10-9-11-28(21)31(32,33)34)22(2)36-29-27-20-24(12-13-26(27)23(3)37-38-29)40-18-16-39(17-19-40)15-8-6-4-5-7-14-35-30(41)42/h9-13,20,22,35H,4-8,14-19H2,1-3H3,(H,36,38)(H,41,42)/t22-/m1/s1. The van der Waals surface area contributed by atoms with Crippen molar-refractivity contribution in [2.45, 2.75) is 65.1 Å². The van der Waals surface area contributed by atoms with E-state index >= 15 is 0 Å². The van der Waals surface area contributed by atoms with E-state index in [1.165, 1.54) is 13.0 Å². The molecule has 0 radical (unpaired) electrons. The summed E-state index contributed by atoms with van der Waals surface area (Å²) in [7, 11) is 0. The Kier molecular flexibility index (Phi) is 10.5. The lowest BCUT2D eigenvalue weighted by Crippen LogP contribution is -2.46. The molecule has 1 atom stereocenters. The third-order valence-corrected chi connectivity index (χ3v) is 8.11. The predicted octanol–water partition coefficient (Wildman–Crippen LogP) is 6.78. The Labute approximate surface area is 245 Å². The second-order valence-electron chi connectivity index (χ2n) is 11.1. The normalized spacial score (nSPS) is 15.1. The molecule has 2 aromatic carbocycles. The number of unbranched alkanes of at least 4 members (excludes halogenated alkanes) is 4. The summed E-state index contributed by atoms with van der Waals surface area (Å²) in [5.41, 5.74) is 2.05. The number of nitrogens with zero attached hydrogens (tertiary/aromatic N) is 4. The van der Waals surface area contributed by atoms with Gasteiger partial charge in [-0.3, -0.25) is 4.90 Å². The van der Waals surface area contributed by atoms with Crippen LogP contribution in [0.15, 0.2) is 36.4 Å². The van der Waals surface area contributed by atoms with Crippen LogP contribution in [-0.4, -0.2) is 65.6 Å². The molecule has 2 heterocycles. The van der Waals surface area contributed by atoms with Crippen molar-refractivity contribution in [1.29, 1.82) is 0 Å².